The van der Waals surface area contributed by atoms with Gasteiger partial charge in [0.05, 0.1) is 11.9 Å². The maximum atomic E-state index is 11.5. The summed E-state index contributed by atoms with van der Waals surface area (Å²) in [5.41, 5.74) is 0. The minimum atomic E-state index is -0.379. The van der Waals surface area contributed by atoms with Gasteiger partial charge in [-0.15, -0.1) is 10.2 Å². The van der Waals surface area contributed by atoms with Crippen molar-refractivity contribution < 1.29 is 9.90 Å². The zero-order valence-electron chi connectivity index (χ0n) is 10.4. The molecule has 1 atom stereocenters. The summed E-state index contributed by atoms with van der Waals surface area (Å²) < 4.78 is 2.04. The number of rotatable bonds is 7. The molecular formula is C11H18N4O2S. The van der Waals surface area contributed by atoms with Gasteiger partial charge >= 0.3 is 0 Å². The van der Waals surface area contributed by atoms with Crippen LogP contribution in [0.4, 0.5) is 0 Å². The molecule has 1 amide bonds. The first kappa shape index (κ1) is 13.4. The van der Waals surface area contributed by atoms with Crippen LogP contribution in [0.2, 0.25) is 0 Å². The molecule has 100 valence electrons. The summed E-state index contributed by atoms with van der Waals surface area (Å²) in [5, 5.41) is 20.5. The largest absolute Gasteiger partial charge is 0.393 e. The molecule has 0 radical (unpaired) electrons. The highest BCUT2D eigenvalue weighted by Gasteiger charge is 2.26. The Balaban J connectivity index is 1.70. The second kappa shape index (κ2) is 6.19. The van der Waals surface area contributed by atoms with E-state index in [0.29, 0.717) is 24.8 Å². The highest BCUT2D eigenvalue weighted by molar-refractivity contribution is 7.99. The van der Waals surface area contributed by atoms with E-state index in [9.17, 15) is 4.79 Å². The molecule has 1 fully saturated rings. The third-order valence-corrected chi connectivity index (χ3v) is 3.65. The molecule has 1 heterocycles. The van der Waals surface area contributed by atoms with Gasteiger partial charge in [0.15, 0.2) is 5.16 Å². The molecule has 1 aromatic heterocycles. The lowest BCUT2D eigenvalue weighted by atomic mass is 10.3. The van der Waals surface area contributed by atoms with Crippen molar-refractivity contribution in [3.8, 4) is 0 Å². The first-order valence-electron chi connectivity index (χ1n) is 6.14. The van der Waals surface area contributed by atoms with Crippen LogP contribution < -0.4 is 5.32 Å². The van der Waals surface area contributed by atoms with Crippen molar-refractivity contribution in [2.24, 2.45) is 0 Å². The Bertz CT molecular complexity index is 404. The van der Waals surface area contributed by atoms with Crippen molar-refractivity contribution in [1.29, 1.82) is 0 Å². The van der Waals surface area contributed by atoms with Crippen LogP contribution in [0.3, 0.4) is 0 Å². The van der Waals surface area contributed by atoms with Crippen molar-refractivity contribution in [1.82, 2.24) is 20.1 Å². The second-order valence-corrected chi connectivity index (χ2v) is 5.47. The molecule has 0 aromatic carbocycles. The summed E-state index contributed by atoms with van der Waals surface area (Å²) in [7, 11) is 0. The highest BCUT2D eigenvalue weighted by Crippen LogP contribution is 2.37. The number of hydrogen-bond acceptors (Lipinski definition) is 5. The van der Waals surface area contributed by atoms with Crippen LogP contribution in [0.25, 0.3) is 0 Å². The van der Waals surface area contributed by atoms with Crippen molar-refractivity contribution in [2.45, 2.75) is 43.5 Å². The fourth-order valence-corrected chi connectivity index (χ4v) is 2.35. The van der Waals surface area contributed by atoms with Gasteiger partial charge < -0.3 is 15.0 Å². The van der Waals surface area contributed by atoms with Crippen molar-refractivity contribution in [3.63, 3.8) is 0 Å². The average molecular weight is 270 g/mol. The Morgan fingerprint density at radius 1 is 1.72 bits per heavy atom. The highest BCUT2D eigenvalue weighted by atomic mass is 32.2. The number of nitrogens with zero attached hydrogens (tertiary/aromatic N) is 3. The number of hydrogen-bond donors (Lipinski definition) is 2. The molecule has 1 aliphatic carbocycles. The number of nitrogens with one attached hydrogen (secondary N) is 1. The van der Waals surface area contributed by atoms with E-state index in [4.69, 9.17) is 5.11 Å². The third-order valence-electron chi connectivity index (χ3n) is 2.70. The number of carbonyl (C=O) groups excluding carboxylic acids is 1. The molecule has 2 N–H and O–H groups in total. The Labute approximate surface area is 110 Å². The predicted octanol–water partition coefficient (Wildman–Crippen LogP) is 0.592. The SMILES string of the molecule is CC(O)CCNC(=O)CSc1nncn1C1CC1. The van der Waals surface area contributed by atoms with E-state index in [1.165, 1.54) is 24.6 Å². The van der Waals surface area contributed by atoms with Gasteiger partial charge in [-0.05, 0) is 26.2 Å². The summed E-state index contributed by atoms with van der Waals surface area (Å²) in [6, 6.07) is 0.529. The molecule has 0 saturated heterocycles. The topological polar surface area (TPSA) is 80.0 Å². The number of aliphatic hydroxyl groups is 1. The minimum Gasteiger partial charge on any atom is -0.393 e. The van der Waals surface area contributed by atoms with Gasteiger partial charge in [0.25, 0.3) is 0 Å². The van der Waals surface area contributed by atoms with E-state index in [2.05, 4.69) is 15.5 Å². The monoisotopic (exact) mass is 270 g/mol. The maximum absolute atomic E-state index is 11.5. The molecule has 2 rings (SSSR count). The standard InChI is InChI=1S/C11H18N4O2S/c1-8(16)4-5-12-10(17)6-18-11-14-13-7-15(11)9-2-3-9/h7-9,16H,2-6H2,1H3,(H,12,17). The fraction of sp³-hybridized carbons (Fsp3) is 0.727. The first-order valence-corrected chi connectivity index (χ1v) is 7.12. The normalized spacial score (nSPS) is 16.6. The Hall–Kier alpha value is -1.08. The van der Waals surface area contributed by atoms with Crippen LogP contribution in [0.15, 0.2) is 11.5 Å². The van der Waals surface area contributed by atoms with Crippen LogP contribution in [0.1, 0.15) is 32.2 Å². The van der Waals surface area contributed by atoms with E-state index >= 15 is 0 Å². The summed E-state index contributed by atoms with van der Waals surface area (Å²) in [6.45, 7) is 2.21. The number of amides is 1. The van der Waals surface area contributed by atoms with Crippen molar-refractivity contribution in [2.75, 3.05) is 12.3 Å². The van der Waals surface area contributed by atoms with Gasteiger partial charge in [0, 0.05) is 12.6 Å². The molecule has 1 aliphatic rings. The van der Waals surface area contributed by atoms with Gasteiger partial charge in [0.2, 0.25) is 5.91 Å². The lowest BCUT2D eigenvalue weighted by molar-refractivity contribution is -0.118. The van der Waals surface area contributed by atoms with Gasteiger partial charge in [-0.1, -0.05) is 11.8 Å². The Morgan fingerprint density at radius 2 is 2.50 bits per heavy atom. The molecule has 0 bridgehead atoms. The maximum Gasteiger partial charge on any atom is 0.230 e. The third kappa shape index (κ3) is 3.99. The lowest BCUT2D eigenvalue weighted by Gasteiger charge is -2.07. The van der Waals surface area contributed by atoms with Crippen LogP contribution in [-0.4, -0.2) is 44.2 Å². The smallest absolute Gasteiger partial charge is 0.230 e. The molecule has 1 aromatic rings. The quantitative estimate of drug-likeness (QED) is 0.709. The molecule has 0 spiro atoms. The molecule has 18 heavy (non-hydrogen) atoms. The molecule has 7 heteroatoms. The zero-order valence-corrected chi connectivity index (χ0v) is 11.2. The van der Waals surface area contributed by atoms with Crippen LogP contribution in [0.5, 0.6) is 0 Å². The number of aromatic nitrogens is 3. The Kier molecular flexibility index (Phi) is 4.60. The number of thioether (sulfide) groups is 1. The molecule has 6 nitrogen and oxygen atoms in total. The zero-order chi connectivity index (χ0) is 13.0. The minimum absolute atomic E-state index is 0.0361. The van der Waals surface area contributed by atoms with E-state index < -0.39 is 0 Å². The van der Waals surface area contributed by atoms with Crippen LogP contribution in [0, 0.1) is 0 Å². The summed E-state index contributed by atoms with van der Waals surface area (Å²) in [5.74, 6) is 0.302. The molecule has 1 saturated carbocycles. The Morgan fingerprint density at radius 3 is 3.17 bits per heavy atom. The van der Waals surface area contributed by atoms with E-state index in [1.54, 1.807) is 13.3 Å². The molecule has 0 aliphatic heterocycles. The summed E-state index contributed by atoms with van der Waals surface area (Å²) >= 11 is 1.40. The lowest BCUT2D eigenvalue weighted by Crippen LogP contribution is -2.28. The van der Waals surface area contributed by atoms with Crippen LogP contribution >= 0.6 is 11.8 Å². The van der Waals surface area contributed by atoms with Crippen molar-refractivity contribution in [3.05, 3.63) is 6.33 Å². The van der Waals surface area contributed by atoms with E-state index in [1.807, 2.05) is 4.57 Å². The first-order chi connectivity index (χ1) is 8.66. The summed E-state index contributed by atoms with van der Waals surface area (Å²) in [6.07, 6.45) is 4.27. The predicted molar refractivity (Wildman–Crippen MR) is 68.3 cm³/mol. The fourth-order valence-electron chi connectivity index (χ4n) is 1.54. The summed E-state index contributed by atoms with van der Waals surface area (Å²) in [4.78, 5) is 11.5. The average Bonchev–Trinajstić information content (AvgIpc) is 3.05. The molecular weight excluding hydrogens is 252 g/mol. The second-order valence-electron chi connectivity index (χ2n) is 4.53. The van der Waals surface area contributed by atoms with Gasteiger partial charge in [-0.2, -0.15) is 0 Å². The van der Waals surface area contributed by atoms with Crippen molar-refractivity contribution >= 4 is 17.7 Å². The van der Waals surface area contributed by atoms with Gasteiger partial charge in [-0.25, -0.2) is 0 Å². The number of carbonyl (C=O) groups is 1. The van der Waals surface area contributed by atoms with E-state index in [0.717, 1.165) is 5.16 Å². The van der Waals surface area contributed by atoms with E-state index in [-0.39, 0.29) is 12.0 Å². The van der Waals surface area contributed by atoms with Gasteiger partial charge in [0.1, 0.15) is 6.33 Å². The molecule has 1 unspecified atom stereocenters. The van der Waals surface area contributed by atoms with Crippen LogP contribution in [-0.2, 0) is 4.79 Å². The van der Waals surface area contributed by atoms with Gasteiger partial charge in [-0.3, -0.25) is 4.79 Å². The number of aliphatic hydroxyl groups excluding tert-OH is 1.